The Balaban J connectivity index is 0.000001000. The van der Waals surface area contributed by atoms with E-state index in [1.165, 1.54) is 45.3 Å². The zero-order chi connectivity index (χ0) is 7.23. The maximum atomic E-state index is 3.87. The van der Waals surface area contributed by atoms with E-state index in [2.05, 4.69) is 11.8 Å². The van der Waals surface area contributed by atoms with E-state index in [-0.39, 0.29) is 18.9 Å². The van der Waals surface area contributed by atoms with Gasteiger partial charge in [-0.15, -0.1) is 0 Å². The summed E-state index contributed by atoms with van der Waals surface area (Å²) in [4.78, 5) is 2.54. The van der Waals surface area contributed by atoms with Gasteiger partial charge in [-0.2, -0.15) is 6.42 Å². The van der Waals surface area contributed by atoms with E-state index in [4.69, 9.17) is 0 Å². The van der Waals surface area contributed by atoms with Crippen molar-refractivity contribution in [2.24, 2.45) is 0 Å². The summed E-state index contributed by atoms with van der Waals surface area (Å²) in [6.07, 6.45) is 6.75. The molecule has 1 aliphatic rings. The molecule has 0 atom stereocenters. The van der Waals surface area contributed by atoms with Crippen LogP contribution in [0.5, 0.6) is 0 Å². The van der Waals surface area contributed by atoms with Crippen molar-refractivity contribution in [3.8, 4) is 0 Å². The van der Waals surface area contributed by atoms with Crippen molar-refractivity contribution in [3.63, 3.8) is 0 Å². The Kier molecular flexibility index (Phi) is 7.59. The van der Waals surface area contributed by atoms with Gasteiger partial charge >= 0.3 is 18.9 Å². The van der Waals surface area contributed by atoms with Gasteiger partial charge in [0.05, 0.1) is 0 Å². The summed E-state index contributed by atoms with van der Waals surface area (Å²) in [6.45, 7) is 7.71. The van der Waals surface area contributed by atoms with Crippen LogP contribution in [0.4, 0.5) is 0 Å². The number of nitrogens with zero attached hydrogens (tertiary/aromatic N) is 1. The zero-order valence-corrected chi connectivity index (χ0v) is 7.81. The Hall–Kier alpha value is 0.557. The van der Waals surface area contributed by atoms with Crippen molar-refractivity contribution in [1.82, 2.24) is 4.90 Å². The molecule has 0 N–H and O–H groups in total. The molecule has 0 aromatic carbocycles. The Morgan fingerprint density at radius 2 is 1.55 bits per heavy atom. The maximum Gasteiger partial charge on any atom is 1.00 e. The van der Waals surface area contributed by atoms with Crippen LogP contribution in [0.15, 0.2) is 0 Å². The van der Waals surface area contributed by atoms with Crippen LogP contribution in [0, 0.1) is 6.92 Å². The second-order valence-electron chi connectivity index (χ2n) is 3.11. The van der Waals surface area contributed by atoms with Crippen molar-refractivity contribution in [2.75, 3.05) is 19.6 Å². The van der Waals surface area contributed by atoms with Gasteiger partial charge in [-0.1, -0.05) is 12.8 Å². The van der Waals surface area contributed by atoms with Crippen molar-refractivity contribution in [3.05, 3.63) is 6.92 Å². The van der Waals surface area contributed by atoms with Gasteiger partial charge < -0.3 is 11.8 Å². The number of likely N-dealkylation sites (tertiary alicyclic amines) is 1. The smallest absolute Gasteiger partial charge is 0.342 e. The molecule has 60 valence electrons. The Labute approximate surface area is 82.7 Å². The van der Waals surface area contributed by atoms with Crippen LogP contribution in [-0.4, -0.2) is 24.5 Å². The molecule has 0 unspecified atom stereocenters. The summed E-state index contributed by atoms with van der Waals surface area (Å²) in [5.74, 6) is 0. The van der Waals surface area contributed by atoms with Crippen LogP contribution in [0.25, 0.3) is 0 Å². The molecule has 1 fully saturated rings. The SMILES string of the molecule is [CH2-]CCN1CCCCCC1.[Li+]. The molecule has 0 spiro atoms. The second kappa shape index (κ2) is 7.22. The molecule has 0 aliphatic carbocycles. The number of hydrogen-bond acceptors (Lipinski definition) is 1. The molecule has 0 bridgehead atoms. The average Bonchev–Trinajstić information content (AvgIpc) is 2.17. The van der Waals surface area contributed by atoms with Crippen molar-refractivity contribution < 1.29 is 18.9 Å². The fraction of sp³-hybridized carbons (Fsp3) is 0.889. The predicted molar refractivity (Wildman–Crippen MR) is 44.9 cm³/mol. The average molecular weight is 147 g/mol. The van der Waals surface area contributed by atoms with Gasteiger partial charge in [0.15, 0.2) is 0 Å². The molecule has 1 rings (SSSR count). The summed E-state index contributed by atoms with van der Waals surface area (Å²) in [7, 11) is 0. The van der Waals surface area contributed by atoms with Gasteiger partial charge in [-0.25, -0.2) is 0 Å². The normalized spacial score (nSPS) is 20.5. The quantitative estimate of drug-likeness (QED) is 0.361. The van der Waals surface area contributed by atoms with Gasteiger partial charge in [0, 0.05) is 0 Å². The summed E-state index contributed by atoms with van der Waals surface area (Å²) in [5, 5.41) is 0. The minimum Gasteiger partial charge on any atom is -0.342 e. The van der Waals surface area contributed by atoms with E-state index in [9.17, 15) is 0 Å². The molecular formula is C9H18LiN. The van der Waals surface area contributed by atoms with Crippen LogP contribution in [0.1, 0.15) is 32.1 Å². The molecule has 0 amide bonds. The zero-order valence-electron chi connectivity index (χ0n) is 7.81. The maximum absolute atomic E-state index is 3.87. The Morgan fingerprint density at radius 3 is 2.00 bits per heavy atom. The first-order chi connectivity index (χ1) is 4.93. The van der Waals surface area contributed by atoms with E-state index in [1.54, 1.807) is 0 Å². The molecule has 1 saturated heterocycles. The standard InChI is InChI=1S/C9H18N.Li/c1-2-7-10-8-5-3-4-6-9-10;/h1-9H2;/q-1;+1. The Bertz CT molecular complexity index is 77.6. The molecule has 2 heteroatoms. The Morgan fingerprint density at radius 1 is 1.00 bits per heavy atom. The van der Waals surface area contributed by atoms with Gasteiger partial charge in [0.1, 0.15) is 0 Å². The topological polar surface area (TPSA) is 3.24 Å². The third-order valence-electron chi connectivity index (χ3n) is 2.17. The van der Waals surface area contributed by atoms with E-state index in [0.29, 0.717) is 0 Å². The molecule has 1 aliphatic heterocycles. The van der Waals surface area contributed by atoms with E-state index in [1.807, 2.05) is 0 Å². The van der Waals surface area contributed by atoms with E-state index >= 15 is 0 Å². The van der Waals surface area contributed by atoms with E-state index in [0.717, 1.165) is 6.42 Å². The van der Waals surface area contributed by atoms with Crippen molar-refractivity contribution in [1.29, 1.82) is 0 Å². The molecule has 0 aromatic rings. The third kappa shape index (κ3) is 4.90. The predicted octanol–water partition coefficient (Wildman–Crippen LogP) is -0.909. The van der Waals surface area contributed by atoms with Crippen molar-refractivity contribution in [2.45, 2.75) is 32.1 Å². The fourth-order valence-corrected chi connectivity index (χ4v) is 1.58. The van der Waals surface area contributed by atoms with Gasteiger partial charge in [-0.3, -0.25) is 0 Å². The second-order valence-corrected chi connectivity index (χ2v) is 3.11. The first kappa shape index (κ1) is 11.6. The minimum atomic E-state index is 0. The molecule has 1 nitrogen and oxygen atoms in total. The van der Waals surface area contributed by atoms with E-state index < -0.39 is 0 Å². The molecule has 1 heterocycles. The molecular weight excluding hydrogens is 129 g/mol. The first-order valence-electron chi connectivity index (χ1n) is 4.45. The summed E-state index contributed by atoms with van der Waals surface area (Å²) >= 11 is 0. The molecule has 0 saturated carbocycles. The third-order valence-corrected chi connectivity index (χ3v) is 2.17. The van der Waals surface area contributed by atoms with Crippen LogP contribution < -0.4 is 18.9 Å². The van der Waals surface area contributed by atoms with Crippen LogP contribution in [-0.2, 0) is 0 Å². The van der Waals surface area contributed by atoms with Crippen LogP contribution in [0.3, 0.4) is 0 Å². The minimum absolute atomic E-state index is 0. The van der Waals surface area contributed by atoms with Gasteiger partial charge in [0.2, 0.25) is 0 Å². The molecule has 0 radical (unpaired) electrons. The fourth-order valence-electron chi connectivity index (χ4n) is 1.58. The van der Waals surface area contributed by atoms with Gasteiger partial charge in [0.25, 0.3) is 0 Å². The van der Waals surface area contributed by atoms with Gasteiger partial charge in [-0.05, 0) is 32.5 Å². The largest absolute Gasteiger partial charge is 1.00 e. The summed E-state index contributed by atoms with van der Waals surface area (Å²) in [6, 6.07) is 0. The first-order valence-corrected chi connectivity index (χ1v) is 4.45. The van der Waals surface area contributed by atoms with Crippen molar-refractivity contribution >= 4 is 0 Å². The number of rotatable bonds is 2. The summed E-state index contributed by atoms with van der Waals surface area (Å²) < 4.78 is 0. The molecule has 0 aromatic heterocycles. The number of hydrogen-bond donors (Lipinski definition) is 0. The van der Waals surface area contributed by atoms with Crippen LogP contribution in [0.2, 0.25) is 0 Å². The molecule has 11 heavy (non-hydrogen) atoms. The van der Waals surface area contributed by atoms with Crippen LogP contribution >= 0.6 is 0 Å². The summed E-state index contributed by atoms with van der Waals surface area (Å²) in [5.41, 5.74) is 0. The monoisotopic (exact) mass is 147 g/mol.